The van der Waals surface area contributed by atoms with E-state index in [0.29, 0.717) is 23.6 Å². The lowest BCUT2D eigenvalue weighted by Gasteiger charge is -2.32. The third kappa shape index (κ3) is 3.56. The van der Waals surface area contributed by atoms with Gasteiger partial charge >= 0.3 is 0 Å². The summed E-state index contributed by atoms with van der Waals surface area (Å²) in [7, 11) is 0. The fraction of sp³-hybridized carbons (Fsp3) is 0.471. The molecule has 0 radical (unpaired) electrons. The second kappa shape index (κ2) is 7.00. The summed E-state index contributed by atoms with van der Waals surface area (Å²) in [6.45, 7) is 8.37. The van der Waals surface area contributed by atoms with Crippen molar-refractivity contribution in [3.63, 3.8) is 0 Å². The molecule has 3 rings (SSSR count). The molecule has 2 aromatic rings. The van der Waals surface area contributed by atoms with Gasteiger partial charge in [-0.05, 0) is 32.4 Å². The van der Waals surface area contributed by atoms with Crippen molar-refractivity contribution in [2.24, 2.45) is 0 Å². The molecule has 1 saturated heterocycles. The molecule has 0 bridgehead atoms. The Balaban J connectivity index is 1.59. The van der Waals surface area contributed by atoms with Crippen LogP contribution in [-0.4, -0.2) is 41.8 Å². The second-order valence-corrected chi connectivity index (χ2v) is 6.03. The maximum absolute atomic E-state index is 12.2. The number of carbonyl (C=O) groups is 1. The molecule has 1 amide bonds. The number of aromatic nitrogens is 2. The summed E-state index contributed by atoms with van der Waals surface area (Å²) in [6, 6.07) is 3.96. The molecule has 1 unspecified atom stereocenters. The summed E-state index contributed by atoms with van der Waals surface area (Å²) in [5.41, 5.74) is 2.04. The first kappa shape index (κ1) is 16.4. The SMILES string of the molecule is Cc1noc(C)c1C(=O)NCc1ccc(N2CCOC(C)C2)nc1. The number of hydrogen-bond donors (Lipinski definition) is 1. The standard InChI is InChI=1S/C17H22N4O3/c1-11-10-21(6-7-23-11)15-5-4-14(8-18-15)9-19-17(22)16-12(2)20-24-13(16)3/h4-5,8,11H,6-7,9-10H2,1-3H3,(H,19,22). The topological polar surface area (TPSA) is 80.5 Å². The third-order valence-electron chi connectivity index (χ3n) is 4.09. The largest absolute Gasteiger partial charge is 0.375 e. The van der Waals surface area contributed by atoms with Gasteiger partial charge in [-0.15, -0.1) is 0 Å². The van der Waals surface area contributed by atoms with Crippen molar-refractivity contribution >= 4 is 11.7 Å². The molecule has 7 nitrogen and oxygen atoms in total. The fourth-order valence-electron chi connectivity index (χ4n) is 2.81. The van der Waals surface area contributed by atoms with E-state index in [4.69, 9.17) is 9.26 Å². The van der Waals surface area contributed by atoms with Crippen molar-refractivity contribution < 1.29 is 14.1 Å². The predicted octanol–water partition coefficient (Wildman–Crippen LogP) is 1.84. The number of amides is 1. The molecule has 1 atom stereocenters. The van der Waals surface area contributed by atoms with E-state index in [9.17, 15) is 4.79 Å². The van der Waals surface area contributed by atoms with Gasteiger partial charge in [-0.1, -0.05) is 11.2 Å². The third-order valence-corrected chi connectivity index (χ3v) is 4.09. The van der Waals surface area contributed by atoms with Gasteiger partial charge in [0.1, 0.15) is 17.1 Å². The maximum atomic E-state index is 12.2. The minimum Gasteiger partial charge on any atom is -0.375 e. The molecule has 7 heteroatoms. The van der Waals surface area contributed by atoms with E-state index in [2.05, 4.69) is 27.3 Å². The van der Waals surface area contributed by atoms with E-state index >= 15 is 0 Å². The molecule has 3 heterocycles. The van der Waals surface area contributed by atoms with Gasteiger partial charge in [-0.25, -0.2) is 4.98 Å². The number of ether oxygens (including phenoxy) is 1. The molecular formula is C17H22N4O3. The molecule has 1 fully saturated rings. The van der Waals surface area contributed by atoms with Crippen molar-refractivity contribution in [2.75, 3.05) is 24.6 Å². The smallest absolute Gasteiger partial charge is 0.257 e. The first-order chi connectivity index (χ1) is 11.5. The van der Waals surface area contributed by atoms with E-state index in [1.807, 2.05) is 12.1 Å². The van der Waals surface area contributed by atoms with Crippen LogP contribution < -0.4 is 10.2 Å². The van der Waals surface area contributed by atoms with Crippen molar-refractivity contribution in [1.82, 2.24) is 15.5 Å². The Morgan fingerprint density at radius 3 is 2.88 bits per heavy atom. The maximum Gasteiger partial charge on any atom is 0.257 e. The molecule has 0 saturated carbocycles. The minimum atomic E-state index is -0.183. The summed E-state index contributed by atoms with van der Waals surface area (Å²) in [5, 5.41) is 6.67. The van der Waals surface area contributed by atoms with Crippen LogP contribution in [0.3, 0.4) is 0 Å². The lowest BCUT2D eigenvalue weighted by atomic mass is 10.2. The number of anilines is 1. The number of pyridine rings is 1. The molecule has 0 spiro atoms. The highest BCUT2D eigenvalue weighted by atomic mass is 16.5. The van der Waals surface area contributed by atoms with Crippen LogP contribution in [-0.2, 0) is 11.3 Å². The van der Waals surface area contributed by atoms with E-state index < -0.39 is 0 Å². The van der Waals surface area contributed by atoms with Gasteiger partial charge < -0.3 is 19.5 Å². The highest BCUT2D eigenvalue weighted by Crippen LogP contribution is 2.16. The van der Waals surface area contributed by atoms with Crippen molar-refractivity contribution in [3.05, 3.63) is 40.9 Å². The number of nitrogens with zero attached hydrogens (tertiary/aromatic N) is 3. The molecule has 128 valence electrons. The zero-order valence-corrected chi connectivity index (χ0v) is 14.2. The zero-order valence-electron chi connectivity index (χ0n) is 14.2. The zero-order chi connectivity index (χ0) is 17.1. The Bertz CT molecular complexity index is 692. The van der Waals surface area contributed by atoms with E-state index in [-0.39, 0.29) is 12.0 Å². The summed E-state index contributed by atoms with van der Waals surface area (Å²) in [5.74, 6) is 1.28. The van der Waals surface area contributed by atoms with Gasteiger partial charge in [0.2, 0.25) is 0 Å². The van der Waals surface area contributed by atoms with Crippen molar-refractivity contribution in [2.45, 2.75) is 33.4 Å². The summed E-state index contributed by atoms with van der Waals surface area (Å²) >= 11 is 0. The Labute approximate surface area is 141 Å². The van der Waals surface area contributed by atoms with Crippen LogP contribution in [0, 0.1) is 13.8 Å². The van der Waals surface area contributed by atoms with Gasteiger partial charge in [0, 0.05) is 25.8 Å². The van der Waals surface area contributed by atoms with Crippen LogP contribution in [0.25, 0.3) is 0 Å². The molecular weight excluding hydrogens is 308 g/mol. The van der Waals surface area contributed by atoms with E-state index in [0.717, 1.165) is 31.1 Å². The predicted molar refractivity (Wildman–Crippen MR) is 89.0 cm³/mol. The van der Waals surface area contributed by atoms with Crippen LogP contribution >= 0.6 is 0 Å². The lowest BCUT2D eigenvalue weighted by Crippen LogP contribution is -2.41. The average molecular weight is 330 g/mol. The van der Waals surface area contributed by atoms with Crippen LogP contribution in [0.15, 0.2) is 22.9 Å². The van der Waals surface area contributed by atoms with Crippen molar-refractivity contribution in [1.29, 1.82) is 0 Å². The molecule has 24 heavy (non-hydrogen) atoms. The number of hydrogen-bond acceptors (Lipinski definition) is 6. The Morgan fingerprint density at radius 2 is 2.25 bits per heavy atom. The number of carbonyl (C=O) groups excluding carboxylic acids is 1. The van der Waals surface area contributed by atoms with Crippen LogP contribution in [0.2, 0.25) is 0 Å². The van der Waals surface area contributed by atoms with Gasteiger partial charge in [0.15, 0.2) is 0 Å². The number of rotatable bonds is 4. The normalized spacial score (nSPS) is 17.8. The second-order valence-electron chi connectivity index (χ2n) is 6.03. The van der Waals surface area contributed by atoms with E-state index in [1.54, 1.807) is 20.0 Å². The molecule has 0 aromatic carbocycles. The van der Waals surface area contributed by atoms with Gasteiger partial charge in [-0.2, -0.15) is 0 Å². The highest BCUT2D eigenvalue weighted by Gasteiger charge is 2.19. The van der Waals surface area contributed by atoms with Gasteiger partial charge in [0.25, 0.3) is 5.91 Å². The van der Waals surface area contributed by atoms with Gasteiger partial charge in [-0.3, -0.25) is 4.79 Å². The number of morpholine rings is 1. The van der Waals surface area contributed by atoms with Crippen LogP contribution in [0.1, 0.15) is 34.3 Å². The molecule has 2 aromatic heterocycles. The number of aryl methyl sites for hydroxylation is 2. The summed E-state index contributed by atoms with van der Waals surface area (Å²) < 4.78 is 10.6. The van der Waals surface area contributed by atoms with Crippen LogP contribution in [0.4, 0.5) is 5.82 Å². The van der Waals surface area contributed by atoms with E-state index in [1.165, 1.54) is 0 Å². The molecule has 1 aliphatic rings. The molecule has 0 aliphatic carbocycles. The number of nitrogens with one attached hydrogen (secondary N) is 1. The Kier molecular flexibility index (Phi) is 4.80. The summed E-state index contributed by atoms with van der Waals surface area (Å²) in [6.07, 6.45) is 2.01. The monoisotopic (exact) mass is 330 g/mol. The Hall–Kier alpha value is -2.41. The molecule has 1 aliphatic heterocycles. The quantitative estimate of drug-likeness (QED) is 0.921. The van der Waals surface area contributed by atoms with Crippen LogP contribution in [0.5, 0.6) is 0 Å². The Morgan fingerprint density at radius 1 is 1.42 bits per heavy atom. The van der Waals surface area contributed by atoms with Gasteiger partial charge in [0.05, 0.1) is 18.4 Å². The first-order valence-corrected chi connectivity index (χ1v) is 8.07. The van der Waals surface area contributed by atoms with Crippen molar-refractivity contribution in [3.8, 4) is 0 Å². The average Bonchev–Trinajstić information content (AvgIpc) is 2.92. The minimum absolute atomic E-state index is 0.183. The highest BCUT2D eigenvalue weighted by molar-refractivity contribution is 5.96. The lowest BCUT2D eigenvalue weighted by molar-refractivity contribution is 0.0529. The molecule has 1 N–H and O–H groups in total. The fourth-order valence-corrected chi connectivity index (χ4v) is 2.81. The summed E-state index contributed by atoms with van der Waals surface area (Å²) in [4.78, 5) is 18.9. The first-order valence-electron chi connectivity index (χ1n) is 8.07.